The fourth-order valence-corrected chi connectivity index (χ4v) is 1.92. The molecule has 19 heavy (non-hydrogen) atoms. The molecule has 0 bridgehead atoms. The SMILES string of the molecule is C[C@H](NC(C(=O)O)c1ccccc1)c1ccccn1. The van der Waals surface area contributed by atoms with Crippen molar-refractivity contribution in [2.75, 3.05) is 0 Å². The van der Waals surface area contributed by atoms with Crippen molar-refractivity contribution in [2.24, 2.45) is 0 Å². The van der Waals surface area contributed by atoms with Crippen LogP contribution in [0.1, 0.15) is 30.3 Å². The molecule has 1 unspecified atom stereocenters. The minimum absolute atomic E-state index is 0.137. The molecule has 4 nitrogen and oxygen atoms in total. The van der Waals surface area contributed by atoms with Gasteiger partial charge in [-0.1, -0.05) is 36.4 Å². The number of carboxylic acid groups (broad SMARTS) is 1. The van der Waals surface area contributed by atoms with Crippen LogP contribution in [-0.2, 0) is 4.79 Å². The van der Waals surface area contributed by atoms with Crippen molar-refractivity contribution < 1.29 is 9.90 Å². The van der Waals surface area contributed by atoms with Crippen molar-refractivity contribution in [1.29, 1.82) is 0 Å². The van der Waals surface area contributed by atoms with E-state index in [1.54, 1.807) is 18.3 Å². The van der Waals surface area contributed by atoms with Gasteiger partial charge < -0.3 is 5.11 Å². The first-order valence-electron chi connectivity index (χ1n) is 6.13. The van der Waals surface area contributed by atoms with Gasteiger partial charge in [-0.15, -0.1) is 0 Å². The lowest BCUT2D eigenvalue weighted by Crippen LogP contribution is -2.31. The molecular weight excluding hydrogens is 240 g/mol. The fourth-order valence-electron chi connectivity index (χ4n) is 1.92. The van der Waals surface area contributed by atoms with E-state index in [1.807, 2.05) is 43.3 Å². The number of carbonyl (C=O) groups is 1. The predicted octanol–water partition coefficient (Wildman–Crippen LogP) is 2.56. The van der Waals surface area contributed by atoms with Crippen LogP contribution in [0, 0.1) is 0 Å². The molecule has 0 radical (unpaired) electrons. The zero-order chi connectivity index (χ0) is 13.7. The van der Waals surface area contributed by atoms with E-state index < -0.39 is 12.0 Å². The van der Waals surface area contributed by atoms with Crippen molar-refractivity contribution >= 4 is 5.97 Å². The van der Waals surface area contributed by atoms with Gasteiger partial charge in [-0.3, -0.25) is 15.1 Å². The molecule has 0 aliphatic carbocycles. The van der Waals surface area contributed by atoms with Crippen molar-refractivity contribution in [3.63, 3.8) is 0 Å². The zero-order valence-electron chi connectivity index (χ0n) is 10.7. The van der Waals surface area contributed by atoms with Gasteiger partial charge in [0.15, 0.2) is 0 Å². The molecule has 98 valence electrons. The maximum Gasteiger partial charge on any atom is 0.325 e. The smallest absolute Gasteiger partial charge is 0.325 e. The van der Waals surface area contributed by atoms with Crippen molar-refractivity contribution in [3.05, 3.63) is 66.0 Å². The van der Waals surface area contributed by atoms with Crippen LogP contribution >= 0.6 is 0 Å². The van der Waals surface area contributed by atoms with Crippen molar-refractivity contribution in [2.45, 2.75) is 19.0 Å². The van der Waals surface area contributed by atoms with E-state index in [1.165, 1.54) is 0 Å². The number of rotatable bonds is 5. The summed E-state index contributed by atoms with van der Waals surface area (Å²) in [6.45, 7) is 1.90. The topological polar surface area (TPSA) is 62.2 Å². The summed E-state index contributed by atoms with van der Waals surface area (Å²) < 4.78 is 0. The summed E-state index contributed by atoms with van der Waals surface area (Å²) in [7, 11) is 0. The first-order valence-corrected chi connectivity index (χ1v) is 6.13. The second-order valence-electron chi connectivity index (χ2n) is 4.32. The van der Waals surface area contributed by atoms with Gasteiger partial charge in [0.1, 0.15) is 6.04 Å². The predicted molar refractivity (Wildman–Crippen MR) is 72.6 cm³/mol. The Morgan fingerprint density at radius 3 is 2.42 bits per heavy atom. The quantitative estimate of drug-likeness (QED) is 0.863. The molecule has 0 aliphatic heterocycles. The monoisotopic (exact) mass is 256 g/mol. The van der Waals surface area contributed by atoms with Gasteiger partial charge in [0.2, 0.25) is 0 Å². The van der Waals surface area contributed by atoms with E-state index in [9.17, 15) is 9.90 Å². The minimum atomic E-state index is -0.894. The number of nitrogens with one attached hydrogen (secondary N) is 1. The number of hydrogen-bond donors (Lipinski definition) is 2. The Bertz CT molecular complexity index is 528. The molecule has 2 rings (SSSR count). The van der Waals surface area contributed by atoms with Gasteiger partial charge in [0.05, 0.1) is 5.69 Å². The van der Waals surface area contributed by atoms with Crippen LogP contribution in [0.25, 0.3) is 0 Å². The molecule has 2 aromatic rings. The van der Waals surface area contributed by atoms with E-state index in [2.05, 4.69) is 10.3 Å². The number of nitrogens with zero attached hydrogens (tertiary/aromatic N) is 1. The molecule has 1 heterocycles. The summed E-state index contributed by atoms with van der Waals surface area (Å²) in [5.74, 6) is -0.894. The van der Waals surface area contributed by atoms with Gasteiger partial charge >= 0.3 is 5.97 Å². The highest BCUT2D eigenvalue weighted by molar-refractivity contribution is 5.75. The van der Waals surface area contributed by atoms with Gasteiger partial charge in [0, 0.05) is 12.2 Å². The Morgan fingerprint density at radius 1 is 1.16 bits per heavy atom. The average molecular weight is 256 g/mol. The average Bonchev–Trinajstić information content (AvgIpc) is 2.46. The third kappa shape index (κ3) is 3.39. The molecule has 0 saturated carbocycles. The highest BCUT2D eigenvalue weighted by Crippen LogP contribution is 2.18. The first kappa shape index (κ1) is 13.2. The van der Waals surface area contributed by atoms with Crippen LogP contribution < -0.4 is 5.32 Å². The van der Waals surface area contributed by atoms with Gasteiger partial charge in [-0.2, -0.15) is 0 Å². The third-order valence-corrected chi connectivity index (χ3v) is 2.93. The van der Waals surface area contributed by atoms with Gasteiger partial charge in [-0.05, 0) is 24.6 Å². The lowest BCUT2D eigenvalue weighted by molar-refractivity contribution is -0.139. The maximum atomic E-state index is 11.4. The van der Waals surface area contributed by atoms with E-state index in [4.69, 9.17) is 0 Å². The van der Waals surface area contributed by atoms with Crippen LogP contribution in [0.5, 0.6) is 0 Å². The van der Waals surface area contributed by atoms with Crippen molar-refractivity contribution in [1.82, 2.24) is 10.3 Å². The number of hydrogen-bond acceptors (Lipinski definition) is 3. The molecule has 0 amide bonds. The van der Waals surface area contributed by atoms with E-state index in [0.717, 1.165) is 11.3 Å². The number of benzene rings is 1. The molecule has 4 heteroatoms. The van der Waals surface area contributed by atoms with Crippen molar-refractivity contribution in [3.8, 4) is 0 Å². The number of aromatic nitrogens is 1. The minimum Gasteiger partial charge on any atom is -0.480 e. The van der Waals surface area contributed by atoms with E-state index in [0.29, 0.717) is 0 Å². The molecule has 1 aromatic carbocycles. The summed E-state index contributed by atoms with van der Waals surface area (Å²) in [5.41, 5.74) is 1.56. The fraction of sp³-hybridized carbons (Fsp3) is 0.200. The molecule has 0 spiro atoms. The highest BCUT2D eigenvalue weighted by atomic mass is 16.4. The summed E-state index contributed by atoms with van der Waals surface area (Å²) in [5, 5.41) is 12.4. The van der Waals surface area contributed by atoms with E-state index in [-0.39, 0.29) is 6.04 Å². The lowest BCUT2D eigenvalue weighted by atomic mass is 10.1. The highest BCUT2D eigenvalue weighted by Gasteiger charge is 2.22. The maximum absolute atomic E-state index is 11.4. The van der Waals surface area contributed by atoms with Crippen LogP contribution in [0.15, 0.2) is 54.7 Å². The largest absolute Gasteiger partial charge is 0.480 e. The summed E-state index contributed by atoms with van der Waals surface area (Å²) in [6.07, 6.45) is 1.70. The number of pyridine rings is 1. The summed E-state index contributed by atoms with van der Waals surface area (Å²) in [4.78, 5) is 15.6. The second-order valence-corrected chi connectivity index (χ2v) is 4.32. The second kappa shape index (κ2) is 6.11. The normalized spacial score (nSPS) is 13.7. The van der Waals surface area contributed by atoms with Gasteiger partial charge in [-0.25, -0.2) is 0 Å². The Labute approximate surface area is 112 Å². The molecular formula is C15H16N2O2. The number of aliphatic carboxylic acids is 1. The van der Waals surface area contributed by atoms with Crippen LogP contribution in [0.2, 0.25) is 0 Å². The van der Waals surface area contributed by atoms with Crippen LogP contribution in [-0.4, -0.2) is 16.1 Å². The Balaban J connectivity index is 2.16. The standard InChI is InChI=1S/C15H16N2O2/c1-11(13-9-5-6-10-16-13)17-14(15(18)19)12-7-3-2-4-8-12/h2-11,14,17H,1H3,(H,18,19)/t11-,14?/m0/s1. The third-order valence-electron chi connectivity index (χ3n) is 2.93. The summed E-state index contributed by atoms with van der Waals surface area (Å²) in [6, 6.07) is 13.9. The molecule has 0 fully saturated rings. The Hall–Kier alpha value is -2.20. The Kier molecular flexibility index (Phi) is 4.26. The van der Waals surface area contributed by atoms with Crippen LogP contribution in [0.4, 0.5) is 0 Å². The first-order chi connectivity index (χ1) is 9.18. The molecule has 2 atom stereocenters. The van der Waals surface area contributed by atoms with Crippen LogP contribution in [0.3, 0.4) is 0 Å². The lowest BCUT2D eigenvalue weighted by Gasteiger charge is -2.20. The zero-order valence-corrected chi connectivity index (χ0v) is 10.7. The Morgan fingerprint density at radius 2 is 1.84 bits per heavy atom. The summed E-state index contributed by atoms with van der Waals surface area (Å²) >= 11 is 0. The number of carboxylic acids is 1. The van der Waals surface area contributed by atoms with E-state index >= 15 is 0 Å². The molecule has 2 N–H and O–H groups in total. The molecule has 0 saturated heterocycles. The molecule has 0 aliphatic rings. The van der Waals surface area contributed by atoms with Gasteiger partial charge in [0.25, 0.3) is 0 Å². The molecule has 1 aromatic heterocycles.